The highest BCUT2D eigenvalue weighted by molar-refractivity contribution is 6.04. The van der Waals surface area contributed by atoms with Crippen molar-refractivity contribution in [1.82, 2.24) is 10.3 Å². The van der Waals surface area contributed by atoms with Gasteiger partial charge in [0, 0.05) is 31.7 Å². The number of aromatic nitrogens is 1. The van der Waals surface area contributed by atoms with Crippen LogP contribution in [0.2, 0.25) is 0 Å². The highest BCUT2D eigenvalue weighted by atomic mass is 16.2. The van der Waals surface area contributed by atoms with Gasteiger partial charge in [-0.25, -0.2) is 4.98 Å². The van der Waals surface area contributed by atoms with Crippen molar-refractivity contribution in [2.75, 3.05) is 29.9 Å². The zero-order chi connectivity index (χ0) is 23.8. The summed E-state index contributed by atoms with van der Waals surface area (Å²) in [5.41, 5.74) is 2.68. The van der Waals surface area contributed by atoms with E-state index in [4.69, 9.17) is 5.26 Å². The molecule has 7 nitrogen and oxygen atoms in total. The van der Waals surface area contributed by atoms with Gasteiger partial charge in [0.15, 0.2) is 0 Å². The summed E-state index contributed by atoms with van der Waals surface area (Å²) in [4.78, 5) is 32.2. The molecule has 2 aromatic carbocycles. The standard InChI is InChI=1S/C27H27N5O2/c28-18-21-10-11-25(30-19-21)32-16-13-22(14-17-32)26(33)31-24-9-5-4-8-23(24)27(34)29-15-12-20-6-2-1-3-7-20/h1-11,19,22H,12-17H2,(H,29,34)(H,31,33). The van der Waals surface area contributed by atoms with E-state index < -0.39 is 0 Å². The van der Waals surface area contributed by atoms with Gasteiger partial charge in [-0.15, -0.1) is 0 Å². The molecule has 0 unspecified atom stereocenters. The monoisotopic (exact) mass is 453 g/mol. The van der Waals surface area contributed by atoms with E-state index in [1.54, 1.807) is 30.5 Å². The number of carbonyl (C=O) groups is 2. The van der Waals surface area contributed by atoms with Crippen molar-refractivity contribution in [2.24, 2.45) is 5.92 Å². The molecule has 0 spiro atoms. The van der Waals surface area contributed by atoms with E-state index in [-0.39, 0.29) is 17.7 Å². The highest BCUT2D eigenvalue weighted by Gasteiger charge is 2.26. The maximum atomic E-state index is 13.0. The molecular weight excluding hydrogens is 426 g/mol. The average molecular weight is 454 g/mol. The summed E-state index contributed by atoms with van der Waals surface area (Å²) >= 11 is 0. The van der Waals surface area contributed by atoms with Crippen molar-refractivity contribution in [1.29, 1.82) is 5.26 Å². The van der Waals surface area contributed by atoms with Gasteiger partial charge in [-0.1, -0.05) is 42.5 Å². The predicted octanol–water partition coefficient (Wildman–Crippen LogP) is 3.78. The molecule has 1 aliphatic rings. The minimum atomic E-state index is -0.200. The van der Waals surface area contributed by atoms with Gasteiger partial charge in [0.1, 0.15) is 11.9 Å². The van der Waals surface area contributed by atoms with Gasteiger partial charge in [-0.05, 0) is 49.1 Å². The Hall–Kier alpha value is -4.18. The lowest BCUT2D eigenvalue weighted by Crippen LogP contribution is -2.38. The van der Waals surface area contributed by atoms with Crippen molar-refractivity contribution >= 4 is 23.3 Å². The number of hydrogen-bond donors (Lipinski definition) is 2. The second-order valence-electron chi connectivity index (χ2n) is 8.30. The Morgan fingerprint density at radius 2 is 1.74 bits per heavy atom. The Bertz CT molecular complexity index is 1160. The summed E-state index contributed by atoms with van der Waals surface area (Å²) in [5, 5.41) is 14.8. The van der Waals surface area contributed by atoms with Crippen LogP contribution in [0.3, 0.4) is 0 Å². The van der Waals surface area contributed by atoms with E-state index in [9.17, 15) is 9.59 Å². The molecule has 4 rings (SSSR count). The number of nitrogens with one attached hydrogen (secondary N) is 2. The molecule has 0 radical (unpaired) electrons. The summed E-state index contributed by atoms with van der Waals surface area (Å²) in [5.74, 6) is 0.407. The molecule has 3 aromatic rings. The molecule has 0 aliphatic carbocycles. The first kappa shape index (κ1) is 23.0. The van der Waals surface area contributed by atoms with Gasteiger partial charge < -0.3 is 15.5 Å². The van der Waals surface area contributed by atoms with Crippen molar-refractivity contribution in [3.8, 4) is 6.07 Å². The predicted molar refractivity (Wildman–Crippen MR) is 131 cm³/mol. The number of pyridine rings is 1. The SMILES string of the molecule is N#Cc1ccc(N2CCC(C(=O)Nc3ccccc3C(=O)NCCc3ccccc3)CC2)nc1. The number of anilines is 2. The summed E-state index contributed by atoms with van der Waals surface area (Å²) in [6, 6.07) is 22.8. The smallest absolute Gasteiger partial charge is 0.253 e. The molecule has 2 heterocycles. The molecule has 2 N–H and O–H groups in total. The molecule has 7 heteroatoms. The van der Waals surface area contributed by atoms with Gasteiger partial charge in [0.05, 0.1) is 16.8 Å². The lowest BCUT2D eigenvalue weighted by molar-refractivity contribution is -0.120. The summed E-state index contributed by atoms with van der Waals surface area (Å²) in [6.45, 7) is 1.93. The minimum Gasteiger partial charge on any atom is -0.357 e. The lowest BCUT2D eigenvalue weighted by atomic mass is 9.95. The molecule has 1 fully saturated rings. The van der Waals surface area contributed by atoms with E-state index in [0.29, 0.717) is 49.3 Å². The van der Waals surface area contributed by atoms with Crippen LogP contribution in [-0.4, -0.2) is 36.4 Å². The zero-order valence-electron chi connectivity index (χ0n) is 18.9. The molecule has 34 heavy (non-hydrogen) atoms. The third-order valence-electron chi connectivity index (χ3n) is 6.04. The van der Waals surface area contributed by atoms with E-state index in [1.165, 1.54) is 0 Å². The van der Waals surface area contributed by atoms with Gasteiger partial charge >= 0.3 is 0 Å². The largest absolute Gasteiger partial charge is 0.357 e. The number of rotatable bonds is 7. The fourth-order valence-electron chi connectivity index (χ4n) is 4.10. The average Bonchev–Trinajstić information content (AvgIpc) is 2.89. The van der Waals surface area contributed by atoms with Crippen molar-refractivity contribution < 1.29 is 9.59 Å². The first-order valence-electron chi connectivity index (χ1n) is 11.5. The van der Waals surface area contributed by atoms with Crippen LogP contribution in [-0.2, 0) is 11.2 Å². The third-order valence-corrected chi connectivity index (χ3v) is 6.04. The molecule has 1 aliphatic heterocycles. The summed E-state index contributed by atoms with van der Waals surface area (Å²) in [7, 11) is 0. The molecule has 1 saturated heterocycles. The lowest BCUT2D eigenvalue weighted by Gasteiger charge is -2.32. The van der Waals surface area contributed by atoms with Crippen LogP contribution in [0.5, 0.6) is 0 Å². The number of nitrogens with zero attached hydrogens (tertiary/aromatic N) is 3. The number of nitriles is 1. The fraction of sp³-hybridized carbons (Fsp3) is 0.259. The van der Waals surface area contributed by atoms with Crippen molar-refractivity contribution in [3.05, 3.63) is 89.6 Å². The Morgan fingerprint density at radius 1 is 1.00 bits per heavy atom. The number of benzene rings is 2. The van der Waals surface area contributed by atoms with Crippen LogP contribution in [0.25, 0.3) is 0 Å². The van der Waals surface area contributed by atoms with Gasteiger partial charge in [0.25, 0.3) is 5.91 Å². The second-order valence-corrected chi connectivity index (χ2v) is 8.30. The number of hydrogen-bond acceptors (Lipinski definition) is 5. The van der Waals surface area contributed by atoms with E-state index in [0.717, 1.165) is 17.8 Å². The van der Waals surface area contributed by atoms with Crippen LogP contribution < -0.4 is 15.5 Å². The van der Waals surface area contributed by atoms with Crippen LogP contribution >= 0.6 is 0 Å². The normalized spacial score (nSPS) is 13.7. The number of amides is 2. The van der Waals surface area contributed by atoms with Crippen molar-refractivity contribution in [3.63, 3.8) is 0 Å². The quantitative estimate of drug-likeness (QED) is 0.567. The summed E-state index contributed by atoms with van der Waals surface area (Å²) in [6.07, 6.45) is 3.70. The van der Waals surface area contributed by atoms with E-state index in [1.807, 2.05) is 42.5 Å². The van der Waals surface area contributed by atoms with E-state index >= 15 is 0 Å². The van der Waals surface area contributed by atoms with Crippen LogP contribution in [0, 0.1) is 17.2 Å². The summed E-state index contributed by atoms with van der Waals surface area (Å²) < 4.78 is 0. The Morgan fingerprint density at radius 3 is 2.44 bits per heavy atom. The Kier molecular flexibility index (Phi) is 7.51. The van der Waals surface area contributed by atoms with E-state index in [2.05, 4.69) is 26.6 Å². The Balaban J connectivity index is 1.31. The van der Waals surface area contributed by atoms with Gasteiger partial charge in [-0.3, -0.25) is 9.59 Å². The minimum absolute atomic E-state index is 0.0722. The fourth-order valence-corrected chi connectivity index (χ4v) is 4.10. The molecule has 1 aromatic heterocycles. The second kappa shape index (κ2) is 11.1. The zero-order valence-corrected chi connectivity index (χ0v) is 18.9. The van der Waals surface area contributed by atoms with Crippen molar-refractivity contribution in [2.45, 2.75) is 19.3 Å². The number of para-hydroxylation sites is 1. The van der Waals surface area contributed by atoms with Crippen LogP contribution in [0.4, 0.5) is 11.5 Å². The maximum Gasteiger partial charge on any atom is 0.253 e. The Labute approximate surface area is 199 Å². The molecular formula is C27H27N5O2. The highest BCUT2D eigenvalue weighted by Crippen LogP contribution is 2.24. The first-order chi connectivity index (χ1) is 16.6. The van der Waals surface area contributed by atoms with Gasteiger partial charge in [-0.2, -0.15) is 5.26 Å². The molecule has 0 saturated carbocycles. The third kappa shape index (κ3) is 5.78. The van der Waals surface area contributed by atoms with Crippen LogP contribution in [0.1, 0.15) is 34.3 Å². The molecule has 0 atom stereocenters. The number of carbonyl (C=O) groups excluding carboxylic acids is 2. The first-order valence-corrected chi connectivity index (χ1v) is 11.5. The molecule has 0 bridgehead atoms. The maximum absolute atomic E-state index is 13.0. The molecule has 2 amide bonds. The van der Waals surface area contributed by atoms with Crippen LogP contribution in [0.15, 0.2) is 72.9 Å². The topological polar surface area (TPSA) is 98.1 Å². The molecule has 172 valence electrons. The van der Waals surface area contributed by atoms with Gasteiger partial charge in [0.2, 0.25) is 5.91 Å². The number of piperidine rings is 1.